The van der Waals surface area contributed by atoms with E-state index < -0.39 is 11.9 Å². The fourth-order valence-electron chi connectivity index (χ4n) is 0.899. The van der Waals surface area contributed by atoms with Gasteiger partial charge in [-0.15, -0.1) is 6.58 Å². The quantitative estimate of drug-likeness (QED) is 0.705. The monoisotopic (exact) mass is 185 g/mol. The molecule has 0 aliphatic carbocycles. The van der Waals surface area contributed by atoms with Crippen LogP contribution in [-0.4, -0.2) is 0 Å². The van der Waals surface area contributed by atoms with Crippen LogP contribution in [0, 0.1) is 5.82 Å². The van der Waals surface area contributed by atoms with Crippen molar-refractivity contribution in [3.8, 4) is 0 Å². The van der Waals surface area contributed by atoms with Crippen LogP contribution in [0.2, 0.25) is 5.02 Å². The molecule has 1 rings (SSSR count). The summed E-state index contributed by atoms with van der Waals surface area (Å²) in [5.41, 5.74) is 5.96. The Balaban J connectivity index is 3.09. The zero-order valence-corrected chi connectivity index (χ0v) is 7.18. The first-order valence-electron chi connectivity index (χ1n) is 3.48. The van der Waals surface area contributed by atoms with E-state index in [0.717, 1.165) is 0 Å². The van der Waals surface area contributed by atoms with Crippen LogP contribution in [-0.2, 0) is 0 Å². The van der Waals surface area contributed by atoms with Crippen molar-refractivity contribution in [1.82, 2.24) is 0 Å². The van der Waals surface area contributed by atoms with Gasteiger partial charge in [-0.2, -0.15) is 0 Å². The van der Waals surface area contributed by atoms with E-state index in [1.165, 1.54) is 12.1 Å². The van der Waals surface area contributed by atoms with E-state index in [1.54, 1.807) is 12.1 Å². The van der Waals surface area contributed by atoms with Crippen LogP contribution < -0.4 is 5.73 Å². The Hall–Kier alpha value is -0.860. The molecule has 1 unspecified atom stereocenters. The van der Waals surface area contributed by atoms with E-state index in [1.807, 2.05) is 0 Å². The van der Waals surface area contributed by atoms with E-state index in [4.69, 9.17) is 17.3 Å². The van der Waals surface area contributed by atoms with E-state index in [-0.39, 0.29) is 0 Å². The van der Waals surface area contributed by atoms with Gasteiger partial charge in [0.05, 0.1) is 6.04 Å². The highest BCUT2D eigenvalue weighted by Crippen LogP contribution is 2.19. The van der Waals surface area contributed by atoms with Crippen LogP contribution in [0.25, 0.3) is 0 Å². The van der Waals surface area contributed by atoms with Gasteiger partial charge in [-0.05, 0) is 12.1 Å². The molecule has 0 heterocycles. The predicted molar refractivity (Wildman–Crippen MR) is 48.5 cm³/mol. The van der Waals surface area contributed by atoms with Crippen LogP contribution in [0.15, 0.2) is 30.9 Å². The predicted octanol–water partition coefficient (Wildman–Crippen LogP) is 2.66. The summed E-state index contributed by atoms with van der Waals surface area (Å²) in [6, 6.07) is 3.93. The second-order valence-electron chi connectivity index (χ2n) is 2.43. The fourth-order valence-corrected chi connectivity index (χ4v) is 1.06. The summed E-state index contributed by atoms with van der Waals surface area (Å²) in [5, 5.41) is 0.368. The molecule has 3 heteroatoms. The van der Waals surface area contributed by atoms with E-state index in [0.29, 0.717) is 10.6 Å². The van der Waals surface area contributed by atoms with E-state index >= 15 is 0 Å². The van der Waals surface area contributed by atoms with Crippen molar-refractivity contribution in [1.29, 1.82) is 0 Å². The fraction of sp³-hybridized carbons (Fsp3) is 0.111. The molecule has 1 atom stereocenters. The summed E-state index contributed by atoms with van der Waals surface area (Å²) in [6.45, 7) is 3.48. The second-order valence-corrected chi connectivity index (χ2v) is 2.86. The first kappa shape index (κ1) is 9.23. The molecule has 0 fully saturated rings. The number of hydrogen-bond donors (Lipinski definition) is 1. The van der Waals surface area contributed by atoms with Gasteiger partial charge in [0.2, 0.25) is 0 Å². The molecule has 0 saturated heterocycles. The van der Waals surface area contributed by atoms with Crippen molar-refractivity contribution in [2.45, 2.75) is 6.04 Å². The van der Waals surface area contributed by atoms with Gasteiger partial charge in [-0.25, -0.2) is 4.39 Å². The Morgan fingerprint density at radius 3 is 2.75 bits per heavy atom. The van der Waals surface area contributed by atoms with Gasteiger partial charge in [0.1, 0.15) is 5.82 Å². The van der Waals surface area contributed by atoms with Crippen molar-refractivity contribution in [2.75, 3.05) is 0 Å². The molecule has 0 aliphatic rings. The summed E-state index contributed by atoms with van der Waals surface area (Å²) in [4.78, 5) is 0. The maximum Gasteiger partial charge on any atom is 0.129 e. The Morgan fingerprint density at radius 2 is 2.25 bits per heavy atom. The molecule has 1 aromatic rings. The molecule has 0 bridgehead atoms. The standard InChI is InChI=1S/C9H9ClFN/c1-2-9(12)7-4-3-6(10)5-8(7)11/h2-5,9H,1,12H2. The summed E-state index contributed by atoms with van der Waals surface area (Å²) in [5.74, 6) is -0.394. The third kappa shape index (κ3) is 1.84. The zero-order chi connectivity index (χ0) is 9.14. The number of halogens is 2. The minimum absolute atomic E-state index is 0.368. The van der Waals surface area contributed by atoms with Crippen LogP contribution in [0.1, 0.15) is 11.6 Å². The third-order valence-corrected chi connectivity index (χ3v) is 1.81. The van der Waals surface area contributed by atoms with Crippen molar-refractivity contribution in [3.05, 3.63) is 47.3 Å². The largest absolute Gasteiger partial charge is 0.321 e. The number of nitrogens with two attached hydrogens (primary N) is 1. The number of benzene rings is 1. The summed E-state index contributed by atoms with van der Waals surface area (Å²) >= 11 is 5.56. The molecule has 0 saturated carbocycles. The van der Waals surface area contributed by atoms with Crippen LogP contribution >= 0.6 is 11.6 Å². The van der Waals surface area contributed by atoms with E-state index in [9.17, 15) is 4.39 Å². The average molecular weight is 186 g/mol. The van der Waals surface area contributed by atoms with Crippen LogP contribution in [0.5, 0.6) is 0 Å². The lowest BCUT2D eigenvalue weighted by molar-refractivity contribution is 0.602. The highest BCUT2D eigenvalue weighted by atomic mass is 35.5. The highest BCUT2D eigenvalue weighted by molar-refractivity contribution is 6.30. The SMILES string of the molecule is C=CC(N)c1ccc(Cl)cc1F. The molecular formula is C9H9ClFN. The zero-order valence-electron chi connectivity index (χ0n) is 6.43. The molecule has 1 aromatic carbocycles. The Bertz CT molecular complexity index is 299. The normalized spacial score (nSPS) is 12.6. The van der Waals surface area contributed by atoms with Gasteiger partial charge >= 0.3 is 0 Å². The van der Waals surface area contributed by atoms with Gasteiger partial charge in [0, 0.05) is 10.6 Å². The molecule has 0 aliphatic heterocycles. The summed E-state index contributed by atoms with van der Waals surface area (Å²) in [6.07, 6.45) is 1.48. The lowest BCUT2D eigenvalue weighted by Gasteiger charge is -2.07. The van der Waals surface area contributed by atoms with Gasteiger partial charge < -0.3 is 5.73 Å². The third-order valence-electron chi connectivity index (χ3n) is 1.58. The Morgan fingerprint density at radius 1 is 1.58 bits per heavy atom. The van der Waals surface area contributed by atoms with Crippen molar-refractivity contribution < 1.29 is 4.39 Å². The average Bonchev–Trinajstić information content (AvgIpc) is 2.03. The molecule has 0 amide bonds. The molecular weight excluding hydrogens is 177 g/mol. The second kappa shape index (κ2) is 3.70. The molecule has 0 spiro atoms. The number of hydrogen-bond acceptors (Lipinski definition) is 1. The molecule has 12 heavy (non-hydrogen) atoms. The van der Waals surface area contributed by atoms with E-state index in [2.05, 4.69) is 6.58 Å². The van der Waals surface area contributed by atoms with Gasteiger partial charge in [-0.3, -0.25) is 0 Å². The molecule has 1 nitrogen and oxygen atoms in total. The minimum atomic E-state index is -0.470. The first-order chi connectivity index (χ1) is 5.65. The Kier molecular flexibility index (Phi) is 2.84. The van der Waals surface area contributed by atoms with Crippen molar-refractivity contribution >= 4 is 11.6 Å². The smallest absolute Gasteiger partial charge is 0.129 e. The molecule has 0 aromatic heterocycles. The van der Waals surface area contributed by atoms with Gasteiger partial charge in [-0.1, -0.05) is 23.7 Å². The minimum Gasteiger partial charge on any atom is -0.321 e. The lowest BCUT2D eigenvalue weighted by atomic mass is 10.1. The topological polar surface area (TPSA) is 26.0 Å². The molecule has 2 N–H and O–H groups in total. The maximum absolute atomic E-state index is 13.1. The van der Waals surface area contributed by atoms with Crippen molar-refractivity contribution in [2.24, 2.45) is 5.73 Å². The van der Waals surface area contributed by atoms with Gasteiger partial charge in [0.25, 0.3) is 0 Å². The van der Waals surface area contributed by atoms with Crippen molar-refractivity contribution in [3.63, 3.8) is 0 Å². The lowest BCUT2D eigenvalue weighted by Crippen LogP contribution is -2.08. The van der Waals surface area contributed by atoms with Crippen LogP contribution in [0.3, 0.4) is 0 Å². The summed E-state index contributed by atoms with van der Waals surface area (Å²) in [7, 11) is 0. The number of rotatable bonds is 2. The molecule has 0 radical (unpaired) electrons. The summed E-state index contributed by atoms with van der Waals surface area (Å²) < 4.78 is 13.1. The van der Waals surface area contributed by atoms with Crippen LogP contribution in [0.4, 0.5) is 4.39 Å². The van der Waals surface area contributed by atoms with Gasteiger partial charge in [0.15, 0.2) is 0 Å². The highest BCUT2D eigenvalue weighted by Gasteiger charge is 2.07. The Labute approximate surface area is 75.6 Å². The maximum atomic E-state index is 13.1. The molecule has 64 valence electrons. The first-order valence-corrected chi connectivity index (χ1v) is 3.86.